The fraction of sp³-hybridized carbons (Fsp3) is 0.538. The molecule has 1 saturated heterocycles. The summed E-state index contributed by atoms with van der Waals surface area (Å²) < 4.78 is 42.7. The molecule has 5 heteroatoms. The zero-order valence-corrected chi connectivity index (χ0v) is 11.0. The van der Waals surface area contributed by atoms with Gasteiger partial charge in [0, 0.05) is 6.61 Å². The van der Waals surface area contributed by atoms with Crippen molar-refractivity contribution in [1.29, 1.82) is 0 Å². The van der Waals surface area contributed by atoms with Gasteiger partial charge in [0.1, 0.15) is 10.7 Å². The molecule has 1 atom stereocenters. The van der Waals surface area contributed by atoms with Crippen molar-refractivity contribution in [2.24, 2.45) is 0 Å². The van der Waals surface area contributed by atoms with Gasteiger partial charge in [-0.3, -0.25) is 0 Å². The zero-order chi connectivity index (χ0) is 13.0. The summed E-state index contributed by atoms with van der Waals surface area (Å²) in [5.74, 6) is -0.692. The Kier molecular flexibility index (Phi) is 4.35. The molecule has 1 aliphatic rings. The second kappa shape index (κ2) is 5.80. The van der Waals surface area contributed by atoms with Gasteiger partial charge in [0.25, 0.3) is 0 Å². The fourth-order valence-corrected chi connectivity index (χ4v) is 3.60. The molecule has 0 aromatic heterocycles. The van der Waals surface area contributed by atoms with E-state index in [2.05, 4.69) is 0 Å². The van der Waals surface area contributed by atoms with Crippen LogP contribution in [0.15, 0.2) is 29.2 Å². The summed E-state index contributed by atoms with van der Waals surface area (Å²) in [5, 5.41) is 0. The minimum absolute atomic E-state index is 0.0200. The smallest absolute Gasteiger partial charge is 0.181 e. The summed E-state index contributed by atoms with van der Waals surface area (Å²) in [6, 6.07) is 5.51. The molecule has 1 aromatic carbocycles. The second-order valence-electron chi connectivity index (χ2n) is 4.53. The largest absolute Gasteiger partial charge is 0.378 e. The molecular formula is C13H17FO3S. The van der Waals surface area contributed by atoms with Crippen molar-refractivity contribution < 1.29 is 17.5 Å². The molecule has 0 aliphatic carbocycles. The average molecular weight is 272 g/mol. The summed E-state index contributed by atoms with van der Waals surface area (Å²) in [6.07, 6.45) is 3.47. The Balaban J connectivity index is 1.93. The van der Waals surface area contributed by atoms with E-state index in [0.29, 0.717) is 6.42 Å². The van der Waals surface area contributed by atoms with E-state index in [9.17, 15) is 12.8 Å². The van der Waals surface area contributed by atoms with E-state index in [1.165, 1.54) is 24.3 Å². The highest BCUT2D eigenvalue weighted by atomic mass is 32.2. The Hall–Kier alpha value is -0.940. The highest BCUT2D eigenvalue weighted by Crippen LogP contribution is 2.20. The van der Waals surface area contributed by atoms with Gasteiger partial charge in [-0.15, -0.1) is 0 Å². The van der Waals surface area contributed by atoms with Crippen LogP contribution in [0.1, 0.15) is 25.7 Å². The summed E-state index contributed by atoms with van der Waals surface area (Å²) >= 11 is 0. The summed E-state index contributed by atoms with van der Waals surface area (Å²) in [7, 11) is -3.51. The first-order chi connectivity index (χ1) is 8.59. The van der Waals surface area contributed by atoms with Crippen LogP contribution in [-0.4, -0.2) is 26.9 Å². The van der Waals surface area contributed by atoms with E-state index in [1.807, 2.05) is 0 Å². The van der Waals surface area contributed by atoms with Gasteiger partial charge < -0.3 is 4.74 Å². The van der Waals surface area contributed by atoms with Crippen molar-refractivity contribution in [2.75, 3.05) is 12.4 Å². The molecular weight excluding hydrogens is 255 g/mol. The average Bonchev–Trinajstić information content (AvgIpc) is 2.82. The van der Waals surface area contributed by atoms with E-state index in [0.717, 1.165) is 25.9 Å². The molecule has 1 fully saturated rings. The van der Waals surface area contributed by atoms with Gasteiger partial charge in [-0.2, -0.15) is 0 Å². The molecule has 3 nitrogen and oxygen atoms in total. The predicted octanol–water partition coefficient (Wildman–Crippen LogP) is 2.56. The third kappa shape index (κ3) is 3.29. The van der Waals surface area contributed by atoms with Gasteiger partial charge in [-0.05, 0) is 37.8 Å². The molecule has 0 radical (unpaired) electrons. The molecule has 0 N–H and O–H groups in total. The van der Waals surface area contributed by atoms with Gasteiger partial charge in [0.2, 0.25) is 0 Å². The van der Waals surface area contributed by atoms with Crippen molar-refractivity contribution >= 4 is 9.84 Å². The van der Waals surface area contributed by atoms with Crippen molar-refractivity contribution in [1.82, 2.24) is 0 Å². The molecule has 0 amide bonds. The van der Waals surface area contributed by atoms with Crippen molar-refractivity contribution in [3.05, 3.63) is 30.1 Å². The van der Waals surface area contributed by atoms with Crippen LogP contribution < -0.4 is 0 Å². The number of hydrogen-bond donors (Lipinski definition) is 0. The van der Waals surface area contributed by atoms with Crippen LogP contribution in [0.25, 0.3) is 0 Å². The van der Waals surface area contributed by atoms with Crippen LogP contribution in [0.2, 0.25) is 0 Å². The standard InChI is InChI=1S/C13H17FO3S/c14-12-7-1-2-8-13(12)18(15,16)10-4-6-11-5-3-9-17-11/h1-2,7-8,11H,3-6,9-10H2. The lowest BCUT2D eigenvalue weighted by Crippen LogP contribution is -2.12. The van der Waals surface area contributed by atoms with E-state index in [1.54, 1.807) is 0 Å². The van der Waals surface area contributed by atoms with Crippen molar-refractivity contribution in [3.8, 4) is 0 Å². The Morgan fingerprint density at radius 2 is 2.11 bits per heavy atom. The third-order valence-electron chi connectivity index (χ3n) is 3.13. The van der Waals surface area contributed by atoms with Gasteiger partial charge in [0.15, 0.2) is 9.84 Å². The molecule has 0 spiro atoms. The van der Waals surface area contributed by atoms with Crippen LogP contribution in [0.3, 0.4) is 0 Å². The summed E-state index contributed by atoms with van der Waals surface area (Å²) in [5.41, 5.74) is 0. The van der Waals surface area contributed by atoms with Gasteiger partial charge in [0.05, 0.1) is 11.9 Å². The SMILES string of the molecule is O=S(=O)(CCCC1CCCO1)c1ccccc1F. The molecule has 2 rings (SSSR count). The van der Waals surface area contributed by atoms with E-state index in [4.69, 9.17) is 4.74 Å². The maximum absolute atomic E-state index is 13.4. The molecule has 1 unspecified atom stereocenters. The number of rotatable bonds is 5. The number of hydrogen-bond acceptors (Lipinski definition) is 3. The first kappa shape index (κ1) is 13.5. The molecule has 0 bridgehead atoms. The first-order valence-electron chi connectivity index (χ1n) is 6.18. The topological polar surface area (TPSA) is 43.4 Å². The molecule has 0 saturated carbocycles. The van der Waals surface area contributed by atoms with Crippen LogP contribution in [0, 0.1) is 5.82 Å². The Labute approximate surface area is 107 Å². The van der Waals surface area contributed by atoms with Gasteiger partial charge in [-0.25, -0.2) is 12.8 Å². The number of ether oxygens (including phenoxy) is 1. The molecule has 1 aliphatic heterocycles. The van der Waals surface area contributed by atoms with Gasteiger partial charge in [-0.1, -0.05) is 12.1 Å². The Morgan fingerprint density at radius 3 is 2.78 bits per heavy atom. The molecule has 1 heterocycles. The maximum atomic E-state index is 13.4. The lowest BCUT2D eigenvalue weighted by molar-refractivity contribution is 0.104. The fourth-order valence-electron chi connectivity index (χ4n) is 2.18. The van der Waals surface area contributed by atoms with E-state index in [-0.39, 0.29) is 16.8 Å². The van der Waals surface area contributed by atoms with E-state index >= 15 is 0 Å². The lowest BCUT2D eigenvalue weighted by Gasteiger charge is -2.09. The minimum Gasteiger partial charge on any atom is -0.378 e. The van der Waals surface area contributed by atoms with Crippen LogP contribution in [-0.2, 0) is 14.6 Å². The van der Waals surface area contributed by atoms with Crippen LogP contribution in [0.5, 0.6) is 0 Å². The quantitative estimate of drug-likeness (QED) is 0.827. The van der Waals surface area contributed by atoms with Crippen LogP contribution >= 0.6 is 0 Å². The second-order valence-corrected chi connectivity index (χ2v) is 6.60. The maximum Gasteiger partial charge on any atom is 0.181 e. The zero-order valence-electron chi connectivity index (χ0n) is 10.1. The molecule has 100 valence electrons. The first-order valence-corrected chi connectivity index (χ1v) is 7.84. The third-order valence-corrected chi connectivity index (χ3v) is 4.96. The summed E-state index contributed by atoms with van der Waals surface area (Å²) in [6.45, 7) is 0.769. The highest BCUT2D eigenvalue weighted by molar-refractivity contribution is 7.91. The Bertz CT molecular complexity index is 493. The molecule has 1 aromatic rings. The Morgan fingerprint density at radius 1 is 1.33 bits per heavy atom. The normalized spacial score (nSPS) is 20.2. The predicted molar refractivity (Wildman–Crippen MR) is 66.7 cm³/mol. The number of halogens is 1. The number of sulfone groups is 1. The highest BCUT2D eigenvalue weighted by Gasteiger charge is 2.20. The van der Waals surface area contributed by atoms with Crippen molar-refractivity contribution in [3.63, 3.8) is 0 Å². The number of benzene rings is 1. The lowest BCUT2D eigenvalue weighted by atomic mass is 10.1. The minimum atomic E-state index is -3.51. The van der Waals surface area contributed by atoms with E-state index < -0.39 is 15.7 Å². The van der Waals surface area contributed by atoms with Crippen molar-refractivity contribution in [2.45, 2.75) is 36.7 Å². The summed E-state index contributed by atoms with van der Waals surface area (Å²) in [4.78, 5) is -0.197. The monoisotopic (exact) mass is 272 g/mol. The van der Waals surface area contributed by atoms with Crippen LogP contribution in [0.4, 0.5) is 4.39 Å². The van der Waals surface area contributed by atoms with Gasteiger partial charge >= 0.3 is 0 Å². The molecule has 18 heavy (non-hydrogen) atoms.